The molecule has 0 saturated carbocycles. The van der Waals surface area contributed by atoms with E-state index in [1.165, 1.54) is 26.4 Å². The molecular weight excluding hydrogens is 315 g/mol. The van der Waals surface area contributed by atoms with Crippen molar-refractivity contribution in [1.29, 1.82) is 0 Å². The van der Waals surface area contributed by atoms with Gasteiger partial charge in [-0.3, -0.25) is 0 Å². The van der Waals surface area contributed by atoms with E-state index in [1.807, 2.05) is 0 Å². The van der Waals surface area contributed by atoms with Crippen molar-refractivity contribution in [3.05, 3.63) is 59.3 Å². The maximum atomic E-state index is 13.8. The van der Waals surface area contributed by atoms with Crippen molar-refractivity contribution in [2.45, 2.75) is 25.7 Å². The quantitative estimate of drug-likeness (QED) is 0.724. The summed E-state index contributed by atoms with van der Waals surface area (Å²) in [5, 5.41) is 15.4. The van der Waals surface area contributed by atoms with Crippen molar-refractivity contribution >= 4 is 6.03 Å². The first kappa shape index (κ1) is 18.0. The molecule has 7 heteroatoms. The minimum atomic E-state index is -1.31. The smallest absolute Gasteiger partial charge is 0.315 e. The summed E-state index contributed by atoms with van der Waals surface area (Å²) in [4.78, 5) is 11.8. The van der Waals surface area contributed by atoms with E-state index < -0.39 is 11.6 Å². The van der Waals surface area contributed by atoms with Crippen LogP contribution in [0.3, 0.4) is 0 Å². The Morgan fingerprint density at radius 1 is 1.38 bits per heavy atom. The second-order valence-electron chi connectivity index (χ2n) is 5.65. The van der Waals surface area contributed by atoms with Crippen LogP contribution in [0.4, 0.5) is 9.18 Å². The van der Waals surface area contributed by atoms with Gasteiger partial charge >= 0.3 is 6.03 Å². The molecule has 1 heterocycles. The number of hydrogen-bond acceptors (Lipinski definition) is 4. The van der Waals surface area contributed by atoms with Crippen molar-refractivity contribution in [2.24, 2.45) is 0 Å². The van der Waals surface area contributed by atoms with Gasteiger partial charge in [-0.15, -0.1) is 0 Å². The van der Waals surface area contributed by atoms with E-state index in [0.717, 1.165) is 0 Å². The highest BCUT2D eigenvalue weighted by Crippen LogP contribution is 2.19. The van der Waals surface area contributed by atoms with Gasteiger partial charge in [0.2, 0.25) is 0 Å². The van der Waals surface area contributed by atoms with Crippen molar-refractivity contribution < 1.29 is 23.4 Å². The lowest BCUT2D eigenvalue weighted by molar-refractivity contribution is 0.0367. The Morgan fingerprint density at radius 2 is 2.17 bits per heavy atom. The summed E-state index contributed by atoms with van der Waals surface area (Å²) in [6.45, 7) is 1.88. The van der Waals surface area contributed by atoms with Crippen LogP contribution in [0.1, 0.15) is 23.8 Å². The number of nitrogens with one attached hydrogen (secondary N) is 2. The van der Waals surface area contributed by atoms with Gasteiger partial charge in [-0.1, -0.05) is 12.1 Å². The highest BCUT2D eigenvalue weighted by atomic mass is 19.1. The fraction of sp³-hybridized carbons (Fsp3) is 0.353. The van der Waals surface area contributed by atoms with Crippen LogP contribution in [0.5, 0.6) is 0 Å². The van der Waals surface area contributed by atoms with Crippen LogP contribution >= 0.6 is 0 Å². The third-order valence-corrected chi connectivity index (χ3v) is 3.52. The van der Waals surface area contributed by atoms with E-state index >= 15 is 0 Å². The molecule has 1 aromatic heterocycles. The molecule has 0 fully saturated rings. The summed E-state index contributed by atoms with van der Waals surface area (Å²) in [6.07, 6.45) is 1.45. The maximum Gasteiger partial charge on any atom is 0.315 e. The molecule has 3 N–H and O–H groups in total. The molecule has 6 nitrogen and oxygen atoms in total. The third kappa shape index (κ3) is 4.81. The Bertz CT molecular complexity index is 671. The normalized spacial score (nSPS) is 13.3. The maximum absolute atomic E-state index is 13.8. The second kappa shape index (κ2) is 7.94. The predicted octanol–water partition coefficient (Wildman–Crippen LogP) is 2.27. The Labute approximate surface area is 139 Å². The molecule has 0 spiro atoms. The standard InChI is InChI=1S/C17H21FN2O4/c1-17(22,15-4-3-7-24-15)11-20-16(21)19-9-12-5-6-13(10-23-2)14(18)8-12/h3-8,22H,9-11H2,1-2H3,(H2,19,20,21)/t17-/m0/s1. The molecule has 0 aliphatic carbocycles. The van der Waals surface area contributed by atoms with Gasteiger partial charge in [-0.05, 0) is 30.7 Å². The molecule has 0 radical (unpaired) electrons. The Morgan fingerprint density at radius 3 is 2.79 bits per heavy atom. The number of aliphatic hydroxyl groups is 1. The number of ether oxygens (including phenoxy) is 1. The van der Waals surface area contributed by atoms with Gasteiger partial charge < -0.3 is 24.9 Å². The van der Waals surface area contributed by atoms with Crippen LogP contribution in [0.15, 0.2) is 41.0 Å². The monoisotopic (exact) mass is 336 g/mol. The summed E-state index contributed by atoms with van der Waals surface area (Å²) in [7, 11) is 1.50. The third-order valence-electron chi connectivity index (χ3n) is 3.52. The van der Waals surface area contributed by atoms with Gasteiger partial charge in [0, 0.05) is 19.2 Å². The van der Waals surface area contributed by atoms with Crippen LogP contribution in [-0.4, -0.2) is 24.8 Å². The minimum absolute atomic E-state index is 0.0204. The zero-order chi connectivity index (χ0) is 17.6. The van der Waals surface area contributed by atoms with E-state index in [9.17, 15) is 14.3 Å². The molecule has 0 aliphatic heterocycles. The zero-order valence-corrected chi connectivity index (χ0v) is 13.6. The van der Waals surface area contributed by atoms with Crippen molar-refractivity contribution in [3.8, 4) is 0 Å². The summed E-state index contributed by atoms with van der Waals surface area (Å²) in [6, 6.07) is 7.51. The average Bonchev–Trinajstić information content (AvgIpc) is 3.09. The molecule has 130 valence electrons. The van der Waals surface area contributed by atoms with Crippen LogP contribution < -0.4 is 10.6 Å². The molecular formula is C17H21FN2O4. The SMILES string of the molecule is COCc1ccc(CNC(=O)NC[C@](C)(O)c2ccco2)cc1F. The number of urea groups is 1. The Hall–Kier alpha value is -2.38. The largest absolute Gasteiger partial charge is 0.466 e. The first-order valence-corrected chi connectivity index (χ1v) is 7.46. The van der Waals surface area contributed by atoms with Crippen LogP contribution in [0.25, 0.3) is 0 Å². The minimum Gasteiger partial charge on any atom is -0.466 e. The zero-order valence-electron chi connectivity index (χ0n) is 13.6. The summed E-state index contributed by atoms with van der Waals surface area (Å²) in [5.41, 5.74) is -0.227. The molecule has 0 aliphatic rings. The predicted molar refractivity (Wildman–Crippen MR) is 85.6 cm³/mol. The van der Waals surface area contributed by atoms with Crippen LogP contribution in [0.2, 0.25) is 0 Å². The molecule has 0 saturated heterocycles. The van der Waals surface area contributed by atoms with Gasteiger partial charge in [0.05, 0.1) is 19.4 Å². The fourth-order valence-corrected chi connectivity index (χ4v) is 2.14. The first-order valence-electron chi connectivity index (χ1n) is 7.46. The lowest BCUT2D eigenvalue weighted by Crippen LogP contribution is -2.43. The van der Waals surface area contributed by atoms with E-state index in [1.54, 1.807) is 24.3 Å². The number of rotatable bonds is 7. The number of amides is 2. The van der Waals surface area contributed by atoms with Crippen molar-refractivity contribution in [1.82, 2.24) is 10.6 Å². The Kier molecular flexibility index (Phi) is 5.94. The highest BCUT2D eigenvalue weighted by molar-refractivity contribution is 5.73. The van der Waals surface area contributed by atoms with E-state index in [4.69, 9.17) is 9.15 Å². The van der Waals surface area contributed by atoms with Crippen LogP contribution in [0, 0.1) is 5.82 Å². The van der Waals surface area contributed by atoms with Crippen molar-refractivity contribution in [2.75, 3.05) is 13.7 Å². The number of methoxy groups -OCH3 is 1. The number of hydrogen-bond donors (Lipinski definition) is 3. The van der Waals surface area contributed by atoms with E-state index in [0.29, 0.717) is 16.9 Å². The van der Waals surface area contributed by atoms with Crippen LogP contribution in [-0.2, 0) is 23.5 Å². The molecule has 1 atom stereocenters. The van der Waals surface area contributed by atoms with E-state index in [2.05, 4.69) is 10.6 Å². The number of carbonyl (C=O) groups is 1. The van der Waals surface area contributed by atoms with Gasteiger partial charge in [0.15, 0.2) is 0 Å². The van der Waals surface area contributed by atoms with Gasteiger partial charge in [-0.25, -0.2) is 9.18 Å². The molecule has 2 aromatic rings. The lowest BCUT2D eigenvalue weighted by atomic mass is 10.0. The molecule has 0 unspecified atom stereocenters. The summed E-state index contributed by atoms with van der Waals surface area (Å²) in [5.74, 6) is -0.0177. The van der Waals surface area contributed by atoms with E-state index in [-0.39, 0.29) is 25.5 Å². The molecule has 2 amide bonds. The first-order chi connectivity index (χ1) is 11.4. The summed E-state index contributed by atoms with van der Waals surface area (Å²) < 4.78 is 23.8. The highest BCUT2D eigenvalue weighted by Gasteiger charge is 2.26. The number of furan rings is 1. The van der Waals surface area contributed by atoms with Gasteiger partial charge in [0.25, 0.3) is 0 Å². The number of halogens is 1. The molecule has 0 bridgehead atoms. The number of benzene rings is 1. The van der Waals surface area contributed by atoms with Crippen molar-refractivity contribution in [3.63, 3.8) is 0 Å². The van der Waals surface area contributed by atoms with Gasteiger partial charge in [-0.2, -0.15) is 0 Å². The lowest BCUT2D eigenvalue weighted by Gasteiger charge is -2.21. The molecule has 1 aromatic carbocycles. The van der Waals surface area contributed by atoms with Gasteiger partial charge in [0.1, 0.15) is 17.2 Å². The second-order valence-corrected chi connectivity index (χ2v) is 5.65. The molecule has 24 heavy (non-hydrogen) atoms. The summed E-state index contributed by atoms with van der Waals surface area (Å²) >= 11 is 0. The average molecular weight is 336 g/mol. The number of carbonyl (C=O) groups excluding carboxylic acids is 1. The molecule has 2 rings (SSSR count). The Balaban J connectivity index is 1.82. The fourth-order valence-electron chi connectivity index (χ4n) is 2.14. The topological polar surface area (TPSA) is 83.7 Å².